The van der Waals surface area contributed by atoms with E-state index in [0.29, 0.717) is 23.5 Å². The van der Waals surface area contributed by atoms with Crippen molar-refractivity contribution in [1.82, 2.24) is 0 Å². The third kappa shape index (κ3) is 3.77. The third-order valence-electron chi connectivity index (χ3n) is 5.75. The van der Waals surface area contributed by atoms with Crippen LogP contribution in [0.1, 0.15) is 38.3 Å². The summed E-state index contributed by atoms with van der Waals surface area (Å²) in [5.74, 6) is -1.07. The van der Waals surface area contributed by atoms with Crippen LogP contribution in [0.2, 0.25) is 0 Å². The number of aryl methyl sites for hydroxylation is 1. The Morgan fingerprint density at radius 3 is 2.72 bits per heavy atom. The number of amides is 2. The third-order valence-corrected chi connectivity index (χ3v) is 6.95. The minimum Gasteiger partial charge on any atom is -0.465 e. The number of rotatable bonds is 5. The zero-order chi connectivity index (χ0) is 20.5. The first-order valence-corrected chi connectivity index (χ1v) is 10.5. The van der Waals surface area contributed by atoms with Gasteiger partial charge in [-0.05, 0) is 30.4 Å². The number of quaternary nitrogens is 1. The molecule has 2 atom stereocenters. The van der Waals surface area contributed by atoms with Crippen LogP contribution in [-0.4, -0.2) is 37.5 Å². The Hall–Kier alpha value is -2.71. The summed E-state index contributed by atoms with van der Waals surface area (Å²) in [6.07, 6.45) is 3.27. The number of anilines is 1. The Kier molecular flexibility index (Phi) is 5.38. The van der Waals surface area contributed by atoms with Crippen LogP contribution in [-0.2, 0) is 40.1 Å². The Morgan fingerprint density at radius 2 is 2.00 bits per heavy atom. The highest BCUT2D eigenvalue weighted by molar-refractivity contribution is 7.17. The Bertz CT molecular complexity index is 984. The van der Waals surface area contributed by atoms with Gasteiger partial charge in [-0.25, -0.2) is 4.79 Å². The number of hydrogen-bond acceptors (Lipinski definition) is 5. The quantitative estimate of drug-likeness (QED) is 0.619. The maximum atomic E-state index is 12.8. The van der Waals surface area contributed by atoms with E-state index < -0.39 is 11.9 Å². The summed E-state index contributed by atoms with van der Waals surface area (Å²) in [4.78, 5) is 39.1. The zero-order valence-corrected chi connectivity index (χ0v) is 17.1. The van der Waals surface area contributed by atoms with E-state index in [1.165, 1.54) is 18.4 Å². The first kappa shape index (κ1) is 19.6. The fourth-order valence-electron chi connectivity index (χ4n) is 4.37. The monoisotopic (exact) mass is 414 g/mol. The van der Waals surface area contributed by atoms with Crippen LogP contribution in [0.4, 0.5) is 5.00 Å². The van der Waals surface area contributed by atoms with Crippen LogP contribution in [0.3, 0.4) is 0 Å². The van der Waals surface area contributed by atoms with Gasteiger partial charge in [0.15, 0.2) is 12.6 Å². The molecule has 0 saturated carbocycles. The van der Waals surface area contributed by atoms with E-state index in [1.54, 1.807) is 0 Å². The SMILES string of the molecule is COC(=O)[C@@H]1Cc2ccccc2C[NH+]1CC(=O)Nc1sc2c(c1C(N)=O)CCC2. The van der Waals surface area contributed by atoms with Crippen LogP contribution in [0, 0.1) is 0 Å². The van der Waals surface area contributed by atoms with Crippen molar-refractivity contribution in [2.24, 2.45) is 5.73 Å². The summed E-state index contributed by atoms with van der Waals surface area (Å²) < 4.78 is 4.98. The molecule has 7 nitrogen and oxygen atoms in total. The topological polar surface area (TPSA) is 103 Å². The molecule has 4 N–H and O–H groups in total. The van der Waals surface area contributed by atoms with E-state index in [4.69, 9.17) is 10.5 Å². The molecular weight excluding hydrogens is 390 g/mol. The van der Waals surface area contributed by atoms with E-state index in [2.05, 4.69) is 5.32 Å². The van der Waals surface area contributed by atoms with Crippen molar-refractivity contribution < 1.29 is 24.0 Å². The second-order valence-corrected chi connectivity index (χ2v) is 8.64. The number of carbonyl (C=O) groups is 3. The van der Waals surface area contributed by atoms with Gasteiger partial charge in [0.25, 0.3) is 11.8 Å². The smallest absolute Gasteiger partial charge is 0.365 e. The van der Waals surface area contributed by atoms with Crippen LogP contribution in [0.5, 0.6) is 0 Å². The van der Waals surface area contributed by atoms with Gasteiger partial charge in [0.1, 0.15) is 11.5 Å². The van der Waals surface area contributed by atoms with Crippen molar-refractivity contribution in [1.29, 1.82) is 0 Å². The molecule has 1 aliphatic heterocycles. The van der Waals surface area contributed by atoms with Crippen LogP contribution in [0.25, 0.3) is 0 Å². The maximum Gasteiger partial charge on any atom is 0.365 e. The molecule has 0 saturated heterocycles. The normalized spacial score (nSPS) is 19.9. The molecule has 2 aliphatic rings. The van der Waals surface area contributed by atoms with E-state index in [1.807, 2.05) is 24.3 Å². The first-order valence-electron chi connectivity index (χ1n) is 9.71. The van der Waals surface area contributed by atoms with E-state index in [-0.39, 0.29) is 18.4 Å². The highest BCUT2D eigenvalue weighted by Crippen LogP contribution is 2.38. The highest BCUT2D eigenvalue weighted by atomic mass is 32.1. The minimum absolute atomic E-state index is 0.106. The van der Waals surface area contributed by atoms with E-state index in [9.17, 15) is 14.4 Å². The number of nitrogens with two attached hydrogens (primary N) is 1. The van der Waals surface area contributed by atoms with Gasteiger partial charge >= 0.3 is 5.97 Å². The number of benzene rings is 1. The molecular formula is C21H24N3O4S+. The van der Waals surface area contributed by atoms with Gasteiger partial charge in [0.05, 0.1) is 12.7 Å². The van der Waals surface area contributed by atoms with Gasteiger partial charge in [0, 0.05) is 16.9 Å². The molecule has 152 valence electrons. The van der Waals surface area contributed by atoms with Gasteiger partial charge in [-0.15, -0.1) is 11.3 Å². The van der Waals surface area contributed by atoms with Crippen molar-refractivity contribution in [3.05, 3.63) is 51.4 Å². The summed E-state index contributed by atoms with van der Waals surface area (Å²) in [6, 6.07) is 7.50. The number of hydrogen-bond donors (Lipinski definition) is 3. The fraction of sp³-hybridized carbons (Fsp3) is 0.381. The molecule has 0 fully saturated rings. The van der Waals surface area contributed by atoms with Gasteiger partial charge in [0.2, 0.25) is 0 Å². The molecule has 2 amide bonds. The standard InChI is InChI=1S/C21H23N3O4S/c1-28-21(27)15-9-12-5-2-3-6-13(12)10-24(15)11-17(25)23-20-18(19(22)26)14-7-4-8-16(14)29-20/h2-3,5-6,15H,4,7-11H2,1H3,(H2,22,26)(H,23,25)/p+1/t15-/m0/s1. The highest BCUT2D eigenvalue weighted by Gasteiger charge is 2.37. The number of carbonyl (C=O) groups excluding carboxylic acids is 3. The van der Waals surface area contributed by atoms with Crippen molar-refractivity contribution in [3.8, 4) is 0 Å². The predicted octanol–water partition coefficient (Wildman–Crippen LogP) is 0.457. The minimum atomic E-state index is -0.508. The first-order chi connectivity index (χ1) is 14.0. The Labute approximate surface area is 172 Å². The van der Waals surface area contributed by atoms with E-state index >= 15 is 0 Å². The number of thiophene rings is 1. The lowest BCUT2D eigenvalue weighted by atomic mass is 9.94. The average molecular weight is 415 g/mol. The number of methoxy groups -OCH3 is 1. The Balaban J connectivity index is 1.53. The molecule has 1 unspecified atom stereocenters. The summed E-state index contributed by atoms with van der Waals surface area (Å²) >= 11 is 1.43. The second-order valence-electron chi connectivity index (χ2n) is 7.53. The molecule has 4 rings (SSSR count). The lowest BCUT2D eigenvalue weighted by Crippen LogP contribution is -3.17. The molecule has 1 aliphatic carbocycles. The number of fused-ring (bicyclic) bond motifs is 2. The summed E-state index contributed by atoms with van der Waals surface area (Å²) in [5, 5.41) is 3.40. The van der Waals surface area contributed by atoms with Crippen molar-refractivity contribution in [3.63, 3.8) is 0 Å². The fourth-order valence-corrected chi connectivity index (χ4v) is 5.68. The average Bonchev–Trinajstić information content (AvgIpc) is 3.27. The second kappa shape index (κ2) is 7.96. The van der Waals surface area contributed by atoms with Crippen LogP contribution >= 0.6 is 11.3 Å². The molecule has 0 radical (unpaired) electrons. The molecule has 1 aromatic heterocycles. The lowest BCUT2D eigenvalue weighted by molar-refractivity contribution is -0.924. The van der Waals surface area contributed by atoms with E-state index in [0.717, 1.165) is 45.7 Å². The Morgan fingerprint density at radius 1 is 1.24 bits per heavy atom. The van der Waals surface area contributed by atoms with Gasteiger partial charge < -0.3 is 20.7 Å². The van der Waals surface area contributed by atoms with Crippen LogP contribution < -0.4 is 16.0 Å². The summed E-state index contributed by atoms with van der Waals surface area (Å²) in [5.41, 5.74) is 9.23. The van der Waals surface area contributed by atoms with Crippen LogP contribution in [0.15, 0.2) is 24.3 Å². The number of esters is 1. The molecule has 1 aromatic carbocycles. The van der Waals surface area contributed by atoms with Crippen molar-refractivity contribution in [2.75, 3.05) is 19.0 Å². The maximum absolute atomic E-state index is 12.8. The molecule has 2 aromatic rings. The molecule has 29 heavy (non-hydrogen) atoms. The summed E-state index contributed by atoms with van der Waals surface area (Å²) in [7, 11) is 1.37. The van der Waals surface area contributed by atoms with Gasteiger partial charge in [-0.1, -0.05) is 24.3 Å². The number of nitrogens with one attached hydrogen (secondary N) is 2. The number of ether oxygens (including phenoxy) is 1. The van der Waals surface area contributed by atoms with Gasteiger partial charge in [-0.3, -0.25) is 9.59 Å². The summed E-state index contributed by atoms with van der Waals surface area (Å²) in [6.45, 7) is 0.668. The molecule has 8 heteroatoms. The molecule has 0 spiro atoms. The molecule has 2 heterocycles. The number of primary amides is 1. The van der Waals surface area contributed by atoms with Crippen molar-refractivity contribution >= 4 is 34.1 Å². The zero-order valence-electron chi connectivity index (χ0n) is 16.2. The lowest BCUT2D eigenvalue weighted by Gasteiger charge is -2.31. The largest absolute Gasteiger partial charge is 0.465 e. The molecule has 0 bridgehead atoms. The predicted molar refractivity (Wildman–Crippen MR) is 109 cm³/mol. The van der Waals surface area contributed by atoms with Crippen molar-refractivity contribution in [2.45, 2.75) is 38.3 Å². The van der Waals surface area contributed by atoms with Gasteiger partial charge in [-0.2, -0.15) is 0 Å².